The third kappa shape index (κ3) is 3.26. The van der Waals surface area contributed by atoms with Crippen LogP contribution in [0.2, 0.25) is 0 Å². The highest BCUT2D eigenvalue weighted by Gasteiger charge is 2.06. The van der Waals surface area contributed by atoms with Crippen LogP contribution >= 0.6 is 15.9 Å². The maximum Gasteiger partial charge on any atom is 0.156 e. The molecule has 0 saturated heterocycles. The highest BCUT2D eigenvalue weighted by molar-refractivity contribution is 9.10. The van der Waals surface area contributed by atoms with Gasteiger partial charge in [-0.2, -0.15) is 0 Å². The van der Waals surface area contributed by atoms with Crippen LogP contribution < -0.4 is 10.5 Å². The number of nitrogen functional groups attached to an aromatic ring is 1. The quantitative estimate of drug-likeness (QED) is 0.868. The monoisotopic (exact) mass is 305 g/mol. The molecule has 0 unspecified atom stereocenters. The molecule has 0 heterocycles. The van der Waals surface area contributed by atoms with Crippen molar-refractivity contribution in [2.75, 3.05) is 12.3 Å². The Morgan fingerprint density at radius 3 is 2.56 bits per heavy atom. The van der Waals surface area contributed by atoms with Crippen LogP contribution in [-0.4, -0.2) is 6.61 Å². The average Bonchev–Trinajstić information content (AvgIpc) is 2.34. The van der Waals surface area contributed by atoms with E-state index in [1.54, 1.807) is 0 Å². The molecule has 2 rings (SSSR count). The van der Waals surface area contributed by atoms with Crippen LogP contribution in [0.3, 0.4) is 0 Å². The highest BCUT2D eigenvalue weighted by Crippen LogP contribution is 2.32. The molecule has 0 aromatic heterocycles. The molecular weight excluding hydrogens is 290 g/mol. The van der Waals surface area contributed by atoms with Crippen molar-refractivity contribution >= 4 is 21.6 Å². The van der Waals surface area contributed by atoms with Gasteiger partial charge in [0.1, 0.15) is 0 Å². The first-order valence-electron chi connectivity index (χ1n) is 5.89. The van der Waals surface area contributed by atoms with Gasteiger partial charge >= 0.3 is 0 Å². The Morgan fingerprint density at radius 2 is 1.89 bits per heavy atom. The van der Waals surface area contributed by atoms with Crippen molar-refractivity contribution in [2.24, 2.45) is 0 Å². The Bertz CT molecular complexity index is 502. The number of rotatable bonds is 4. The summed E-state index contributed by atoms with van der Waals surface area (Å²) < 4.78 is 6.66. The molecular formula is C15H16BrNO. The van der Waals surface area contributed by atoms with Gasteiger partial charge in [0, 0.05) is 6.42 Å². The molecule has 2 nitrogen and oxygen atoms in total. The van der Waals surface area contributed by atoms with Crippen molar-refractivity contribution in [2.45, 2.75) is 13.3 Å². The number of halogens is 1. The summed E-state index contributed by atoms with van der Waals surface area (Å²) in [6.07, 6.45) is 0.876. The number of hydrogen-bond acceptors (Lipinski definition) is 2. The molecule has 0 aliphatic heterocycles. The average molecular weight is 306 g/mol. The van der Waals surface area contributed by atoms with E-state index in [9.17, 15) is 0 Å². The van der Waals surface area contributed by atoms with E-state index in [1.165, 1.54) is 5.56 Å². The predicted octanol–water partition coefficient (Wildman–Crippen LogP) is 3.96. The van der Waals surface area contributed by atoms with Crippen LogP contribution in [0.5, 0.6) is 5.75 Å². The molecule has 0 spiro atoms. The Hall–Kier alpha value is -1.48. The van der Waals surface area contributed by atoms with Crippen LogP contribution in [0.25, 0.3) is 0 Å². The minimum Gasteiger partial charge on any atom is -0.490 e. The van der Waals surface area contributed by atoms with E-state index >= 15 is 0 Å². The van der Waals surface area contributed by atoms with E-state index in [-0.39, 0.29) is 0 Å². The second kappa shape index (κ2) is 5.91. The van der Waals surface area contributed by atoms with E-state index in [0.29, 0.717) is 12.3 Å². The maximum absolute atomic E-state index is 5.95. The standard InChI is InChI=1S/C15H16BrNO/c1-11-9-13(16)15(14(17)10-11)18-8-7-12-5-3-2-4-6-12/h2-6,9-10H,7-8,17H2,1H3. The fourth-order valence-electron chi connectivity index (χ4n) is 1.82. The van der Waals surface area contributed by atoms with Crippen molar-refractivity contribution in [3.8, 4) is 5.75 Å². The molecule has 0 bridgehead atoms. The van der Waals surface area contributed by atoms with Gasteiger partial charge in [0.25, 0.3) is 0 Å². The van der Waals surface area contributed by atoms with Crippen LogP contribution in [-0.2, 0) is 6.42 Å². The molecule has 0 atom stereocenters. The summed E-state index contributed by atoms with van der Waals surface area (Å²) in [5.41, 5.74) is 9.01. The number of benzene rings is 2. The summed E-state index contributed by atoms with van der Waals surface area (Å²) in [6.45, 7) is 2.63. The first kappa shape index (κ1) is 13.0. The van der Waals surface area contributed by atoms with E-state index in [1.807, 2.05) is 37.3 Å². The number of aryl methyl sites for hydroxylation is 1. The zero-order valence-corrected chi connectivity index (χ0v) is 11.9. The van der Waals surface area contributed by atoms with Crippen molar-refractivity contribution in [3.05, 3.63) is 58.1 Å². The van der Waals surface area contributed by atoms with Gasteiger partial charge in [-0.3, -0.25) is 0 Å². The summed E-state index contributed by atoms with van der Waals surface area (Å²) >= 11 is 3.48. The molecule has 94 valence electrons. The molecule has 0 saturated carbocycles. The Kier molecular flexibility index (Phi) is 4.26. The van der Waals surface area contributed by atoms with Crippen LogP contribution in [0.1, 0.15) is 11.1 Å². The molecule has 18 heavy (non-hydrogen) atoms. The van der Waals surface area contributed by atoms with Gasteiger partial charge in [0.15, 0.2) is 5.75 Å². The van der Waals surface area contributed by atoms with Gasteiger partial charge in [-0.15, -0.1) is 0 Å². The van der Waals surface area contributed by atoms with Gasteiger partial charge in [0.05, 0.1) is 16.8 Å². The lowest BCUT2D eigenvalue weighted by Gasteiger charge is -2.11. The predicted molar refractivity (Wildman–Crippen MR) is 78.9 cm³/mol. The Balaban J connectivity index is 1.99. The zero-order chi connectivity index (χ0) is 13.0. The molecule has 0 aliphatic rings. The molecule has 2 aromatic carbocycles. The molecule has 2 aromatic rings. The number of nitrogens with two attached hydrogens (primary N) is 1. The fourth-order valence-corrected chi connectivity index (χ4v) is 2.53. The first-order valence-corrected chi connectivity index (χ1v) is 6.68. The third-order valence-corrected chi connectivity index (χ3v) is 3.29. The summed E-state index contributed by atoms with van der Waals surface area (Å²) in [4.78, 5) is 0. The smallest absolute Gasteiger partial charge is 0.156 e. The van der Waals surface area contributed by atoms with Crippen molar-refractivity contribution < 1.29 is 4.74 Å². The van der Waals surface area contributed by atoms with Gasteiger partial charge in [-0.05, 0) is 46.1 Å². The van der Waals surface area contributed by atoms with Crippen molar-refractivity contribution in [3.63, 3.8) is 0 Å². The maximum atomic E-state index is 5.95. The SMILES string of the molecule is Cc1cc(N)c(OCCc2ccccc2)c(Br)c1. The first-order chi connectivity index (χ1) is 8.66. The zero-order valence-electron chi connectivity index (χ0n) is 10.3. The lowest BCUT2D eigenvalue weighted by atomic mass is 10.2. The number of anilines is 1. The van der Waals surface area contributed by atoms with Crippen molar-refractivity contribution in [1.29, 1.82) is 0 Å². The van der Waals surface area contributed by atoms with E-state index in [0.717, 1.165) is 22.2 Å². The second-order valence-electron chi connectivity index (χ2n) is 4.25. The summed E-state index contributed by atoms with van der Waals surface area (Å²) in [7, 11) is 0. The highest BCUT2D eigenvalue weighted by atomic mass is 79.9. The minimum atomic E-state index is 0.621. The second-order valence-corrected chi connectivity index (χ2v) is 5.10. The molecule has 3 heteroatoms. The number of ether oxygens (including phenoxy) is 1. The molecule has 0 aliphatic carbocycles. The summed E-state index contributed by atoms with van der Waals surface area (Å²) in [5.74, 6) is 0.733. The summed E-state index contributed by atoms with van der Waals surface area (Å²) in [5, 5.41) is 0. The summed E-state index contributed by atoms with van der Waals surface area (Å²) in [6, 6.07) is 14.2. The van der Waals surface area contributed by atoms with Gasteiger partial charge in [-0.1, -0.05) is 30.3 Å². The fraction of sp³-hybridized carbons (Fsp3) is 0.200. The Labute approximate surface area is 116 Å². The largest absolute Gasteiger partial charge is 0.490 e. The van der Waals surface area contributed by atoms with E-state index in [4.69, 9.17) is 10.5 Å². The third-order valence-electron chi connectivity index (χ3n) is 2.70. The topological polar surface area (TPSA) is 35.2 Å². The van der Waals surface area contributed by atoms with Crippen LogP contribution in [0.15, 0.2) is 46.9 Å². The van der Waals surface area contributed by atoms with Crippen LogP contribution in [0, 0.1) is 6.92 Å². The van der Waals surface area contributed by atoms with Crippen molar-refractivity contribution in [1.82, 2.24) is 0 Å². The lowest BCUT2D eigenvalue weighted by Crippen LogP contribution is -2.04. The van der Waals surface area contributed by atoms with Gasteiger partial charge in [0.2, 0.25) is 0 Å². The Morgan fingerprint density at radius 1 is 1.17 bits per heavy atom. The minimum absolute atomic E-state index is 0.621. The van der Waals surface area contributed by atoms with Gasteiger partial charge < -0.3 is 10.5 Å². The van der Waals surface area contributed by atoms with Crippen LogP contribution in [0.4, 0.5) is 5.69 Å². The molecule has 0 radical (unpaired) electrons. The number of hydrogen-bond donors (Lipinski definition) is 1. The van der Waals surface area contributed by atoms with E-state index < -0.39 is 0 Å². The van der Waals surface area contributed by atoms with Gasteiger partial charge in [-0.25, -0.2) is 0 Å². The van der Waals surface area contributed by atoms with E-state index in [2.05, 4.69) is 28.1 Å². The lowest BCUT2D eigenvalue weighted by molar-refractivity contribution is 0.321. The molecule has 0 amide bonds. The molecule has 0 fully saturated rings. The molecule has 2 N–H and O–H groups in total. The normalized spacial score (nSPS) is 10.3.